The highest BCUT2D eigenvalue weighted by Gasteiger charge is 2.18. The van der Waals surface area contributed by atoms with Gasteiger partial charge in [-0.05, 0) is 0 Å². The minimum absolute atomic E-state index is 1.07. The van der Waals surface area contributed by atoms with Crippen LogP contribution in [0.15, 0.2) is 22.6 Å². The van der Waals surface area contributed by atoms with Crippen molar-refractivity contribution in [3.63, 3.8) is 0 Å². The minimum Gasteiger partial charge on any atom is -0.344 e. The number of nitrogens with one attached hydrogen (secondary N) is 1. The third-order valence-corrected chi connectivity index (χ3v) is 0.646. The quantitative estimate of drug-likeness (QED) is 0.358. The molecule has 5 nitrogen and oxygen atoms in total. The molecule has 0 amide bonds. The van der Waals surface area contributed by atoms with E-state index >= 15 is 0 Å². The summed E-state index contributed by atoms with van der Waals surface area (Å²) in [5.41, 5.74) is 1.94. The highest BCUT2D eigenvalue weighted by atomic mass is 16.5. The van der Waals surface area contributed by atoms with Gasteiger partial charge in [0.2, 0.25) is 0 Å². The van der Waals surface area contributed by atoms with Crippen LogP contribution in [0.1, 0.15) is 0 Å². The lowest BCUT2D eigenvalue weighted by Gasteiger charge is -2.16. The average Bonchev–Trinajstić information content (AvgIpc) is 1.65. The molecule has 0 aliphatic carbocycles. The van der Waals surface area contributed by atoms with Crippen LogP contribution in [0.2, 0.25) is 0 Å². The lowest BCUT2D eigenvalue weighted by Crippen LogP contribution is -2.40. The van der Waals surface area contributed by atoms with Crippen LogP contribution in [-0.2, 0) is 0 Å². The van der Waals surface area contributed by atoms with Gasteiger partial charge in [-0.2, -0.15) is 0 Å². The van der Waals surface area contributed by atoms with Gasteiger partial charge in [-0.1, -0.05) is 5.22 Å². The zero-order valence-corrected chi connectivity index (χ0v) is 3.94. The standard InChI is InChI=1S/C3H5N3O2/c7-3(8)1-2-4-6-5-3/h1-2,7-8H,(H,4,5). The molecule has 5 heteroatoms. The maximum atomic E-state index is 8.58. The molecule has 8 heavy (non-hydrogen) atoms. The van der Waals surface area contributed by atoms with E-state index in [1.807, 2.05) is 5.43 Å². The van der Waals surface area contributed by atoms with Gasteiger partial charge in [0, 0.05) is 6.08 Å². The first kappa shape index (κ1) is 5.20. The van der Waals surface area contributed by atoms with Gasteiger partial charge in [0.05, 0.1) is 6.20 Å². The summed E-state index contributed by atoms with van der Waals surface area (Å²) in [6.45, 7) is 0. The lowest BCUT2D eigenvalue weighted by atomic mass is 10.5. The molecule has 0 radical (unpaired) electrons. The Morgan fingerprint density at radius 3 is 2.50 bits per heavy atom. The Bertz CT molecular complexity index is 139. The molecule has 0 aromatic heterocycles. The fourth-order valence-electron chi connectivity index (χ4n) is 0.310. The van der Waals surface area contributed by atoms with Gasteiger partial charge in [-0.15, -0.1) is 5.11 Å². The molecule has 1 aliphatic rings. The van der Waals surface area contributed by atoms with Gasteiger partial charge >= 0.3 is 0 Å². The van der Waals surface area contributed by atoms with Crippen molar-refractivity contribution >= 4 is 0 Å². The second-order valence-electron chi connectivity index (χ2n) is 1.37. The molecule has 0 bridgehead atoms. The number of nitrogens with zero attached hydrogens (tertiary/aromatic N) is 2. The van der Waals surface area contributed by atoms with Crippen molar-refractivity contribution in [3.8, 4) is 0 Å². The highest BCUT2D eigenvalue weighted by Crippen LogP contribution is 2.00. The molecule has 0 saturated carbocycles. The topological polar surface area (TPSA) is 77.2 Å². The normalized spacial score (nSPS) is 22.8. The first-order valence-electron chi connectivity index (χ1n) is 2.00. The first-order valence-corrected chi connectivity index (χ1v) is 2.00. The van der Waals surface area contributed by atoms with E-state index in [9.17, 15) is 0 Å². The van der Waals surface area contributed by atoms with Crippen molar-refractivity contribution in [3.05, 3.63) is 12.3 Å². The largest absolute Gasteiger partial charge is 0.344 e. The minimum atomic E-state index is -2.01. The van der Waals surface area contributed by atoms with Gasteiger partial charge in [-0.3, -0.25) is 0 Å². The third-order valence-electron chi connectivity index (χ3n) is 0.646. The van der Waals surface area contributed by atoms with E-state index in [-0.39, 0.29) is 0 Å². The molecule has 1 aliphatic heterocycles. The van der Waals surface area contributed by atoms with Crippen molar-refractivity contribution < 1.29 is 10.2 Å². The van der Waals surface area contributed by atoms with E-state index in [1.165, 1.54) is 6.20 Å². The Hall–Kier alpha value is -0.940. The number of rotatable bonds is 0. The van der Waals surface area contributed by atoms with Crippen LogP contribution in [0.3, 0.4) is 0 Å². The summed E-state index contributed by atoms with van der Waals surface area (Å²) in [4.78, 5) is 0. The highest BCUT2D eigenvalue weighted by molar-refractivity contribution is 4.91. The van der Waals surface area contributed by atoms with Crippen LogP contribution in [0.4, 0.5) is 0 Å². The molecule has 0 aromatic rings. The predicted molar refractivity (Wildman–Crippen MR) is 24.3 cm³/mol. The molecule has 1 rings (SSSR count). The average molecular weight is 115 g/mol. The summed E-state index contributed by atoms with van der Waals surface area (Å²) in [6.07, 6.45) is 2.26. The number of hydrogen-bond donors (Lipinski definition) is 3. The van der Waals surface area contributed by atoms with Crippen LogP contribution in [-0.4, -0.2) is 16.1 Å². The van der Waals surface area contributed by atoms with Gasteiger partial charge < -0.3 is 10.2 Å². The number of hydrogen-bond acceptors (Lipinski definition) is 5. The summed E-state index contributed by atoms with van der Waals surface area (Å²) in [6, 6.07) is 0. The Kier molecular flexibility index (Phi) is 0.997. The summed E-state index contributed by atoms with van der Waals surface area (Å²) in [5, 5.41) is 23.6. The van der Waals surface area contributed by atoms with E-state index in [0.29, 0.717) is 0 Å². The van der Waals surface area contributed by atoms with Crippen molar-refractivity contribution in [2.45, 2.75) is 5.91 Å². The number of aliphatic hydroxyl groups is 2. The molecule has 0 spiro atoms. The predicted octanol–water partition coefficient (Wildman–Crippen LogP) is -0.891. The molecular formula is C3H5N3O2. The Labute approximate surface area is 45.3 Å². The van der Waals surface area contributed by atoms with Gasteiger partial charge in [0.15, 0.2) is 0 Å². The third kappa shape index (κ3) is 1.02. The zero-order chi connectivity index (χ0) is 6.04. The molecule has 0 saturated heterocycles. The van der Waals surface area contributed by atoms with Crippen LogP contribution in [0, 0.1) is 0 Å². The van der Waals surface area contributed by atoms with E-state index in [1.54, 1.807) is 0 Å². The molecule has 3 N–H and O–H groups in total. The Balaban J connectivity index is 2.65. The smallest absolute Gasteiger partial charge is 0.283 e. The van der Waals surface area contributed by atoms with Crippen molar-refractivity contribution in [1.82, 2.24) is 5.43 Å². The monoisotopic (exact) mass is 115 g/mol. The molecule has 1 heterocycles. The Morgan fingerprint density at radius 2 is 2.25 bits per heavy atom. The molecular weight excluding hydrogens is 110 g/mol. The van der Waals surface area contributed by atoms with E-state index in [2.05, 4.69) is 10.3 Å². The van der Waals surface area contributed by atoms with Crippen molar-refractivity contribution in [1.29, 1.82) is 0 Å². The Morgan fingerprint density at radius 1 is 1.50 bits per heavy atom. The lowest BCUT2D eigenvalue weighted by molar-refractivity contribution is -0.146. The van der Waals surface area contributed by atoms with E-state index in [0.717, 1.165) is 6.08 Å². The summed E-state index contributed by atoms with van der Waals surface area (Å²) in [7, 11) is 0. The summed E-state index contributed by atoms with van der Waals surface area (Å²) < 4.78 is 0. The van der Waals surface area contributed by atoms with E-state index in [4.69, 9.17) is 10.2 Å². The van der Waals surface area contributed by atoms with Crippen LogP contribution in [0.25, 0.3) is 0 Å². The molecule has 0 atom stereocenters. The fraction of sp³-hybridized carbons (Fsp3) is 0.333. The van der Waals surface area contributed by atoms with Crippen molar-refractivity contribution in [2.24, 2.45) is 10.3 Å². The maximum absolute atomic E-state index is 8.58. The molecule has 44 valence electrons. The zero-order valence-electron chi connectivity index (χ0n) is 3.94. The summed E-state index contributed by atoms with van der Waals surface area (Å²) >= 11 is 0. The second kappa shape index (κ2) is 1.53. The molecule has 0 aromatic carbocycles. The van der Waals surface area contributed by atoms with E-state index < -0.39 is 5.91 Å². The second-order valence-corrected chi connectivity index (χ2v) is 1.37. The van der Waals surface area contributed by atoms with Gasteiger partial charge in [0.25, 0.3) is 5.91 Å². The van der Waals surface area contributed by atoms with Gasteiger partial charge in [0.1, 0.15) is 0 Å². The maximum Gasteiger partial charge on any atom is 0.283 e. The molecule has 0 fully saturated rings. The first-order chi connectivity index (χ1) is 3.71. The molecule has 0 unspecified atom stereocenters. The van der Waals surface area contributed by atoms with Gasteiger partial charge in [-0.25, -0.2) is 5.43 Å². The van der Waals surface area contributed by atoms with Crippen LogP contribution < -0.4 is 5.43 Å². The summed E-state index contributed by atoms with van der Waals surface area (Å²) in [5.74, 6) is -2.01. The van der Waals surface area contributed by atoms with Crippen LogP contribution in [0.5, 0.6) is 0 Å². The fourth-order valence-corrected chi connectivity index (χ4v) is 0.310. The van der Waals surface area contributed by atoms with Crippen molar-refractivity contribution in [2.75, 3.05) is 0 Å². The van der Waals surface area contributed by atoms with Crippen LogP contribution >= 0.6 is 0 Å². The SMILES string of the molecule is OC1(O)C=CN=NN1.